The summed E-state index contributed by atoms with van der Waals surface area (Å²) in [7, 11) is 1.92. The molecule has 0 atom stereocenters. The largest absolute Gasteiger partial charge is 0.489 e. The Balaban J connectivity index is 1.48. The van der Waals surface area contributed by atoms with Gasteiger partial charge in [0.2, 0.25) is 11.7 Å². The number of benzene rings is 1. The number of ether oxygens (including phenoxy) is 1. The summed E-state index contributed by atoms with van der Waals surface area (Å²) < 4.78 is 24.1. The molecule has 120 valence electrons. The van der Waals surface area contributed by atoms with Gasteiger partial charge in [-0.05, 0) is 30.6 Å². The molecule has 0 spiro atoms. The maximum absolute atomic E-state index is 13.4. The lowest BCUT2D eigenvalue weighted by atomic mass is 10.3. The Labute approximate surface area is 137 Å². The summed E-state index contributed by atoms with van der Waals surface area (Å²) in [5.41, 5.74) is 0.954. The number of hydrogen-bond acceptors (Lipinski definition) is 6. The molecule has 0 radical (unpaired) electrons. The van der Waals surface area contributed by atoms with Crippen LogP contribution in [-0.2, 0) is 6.54 Å². The van der Waals surface area contributed by atoms with Crippen LogP contribution in [0.4, 0.5) is 4.39 Å². The lowest BCUT2D eigenvalue weighted by Crippen LogP contribution is -2.24. The fourth-order valence-electron chi connectivity index (χ4n) is 2.01. The molecule has 2 heterocycles. The predicted octanol–water partition coefficient (Wildman–Crippen LogP) is 3.45. The number of nitrogens with zero attached hydrogens (tertiary/aromatic N) is 3. The highest BCUT2D eigenvalue weighted by Gasteiger charge is 2.11. The van der Waals surface area contributed by atoms with E-state index in [9.17, 15) is 4.39 Å². The molecule has 2 aromatic heterocycles. The zero-order valence-electron chi connectivity index (χ0n) is 12.6. The molecule has 0 saturated carbocycles. The summed E-state index contributed by atoms with van der Waals surface area (Å²) in [5.74, 6) is 1.04. The van der Waals surface area contributed by atoms with Gasteiger partial charge in [-0.25, -0.2) is 4.39 Å². The van der Waals surface area contributed by atoms with Crippen molar-refractivity contribution in [1.29, 1.82) is 0 Å². The Kier molecular flexibility index (Phi) is 4.99. The summed E-state index contributed by atoms with van der Waals surface area (Å²) in [6.07, 6.45) is 0. The molecule has 0 bridgehead atoms. The number of aromatic nitrogens is 2. The number of likely N-dealkylation sites (N-methyl/N-ethyl adjacent to an activating group) is 1. The third-order valence-corrected chi connectivity index (χ3v) is 3.90. The predicted molar refractivity (Wildman–Crippen MR) is 85.8 cm³/mol. The molecule has 0 N–H and O–H groups in total. The molecule has 5 nitrogen and oxygen atoms in total. The fraction of sp³-hybridized carbons (Fsp3) is 0.250. The van der Waals surface area contributed by atoms with E-state index in [1.165, 1.54) is 6.07 Å². The van der Waals surface area contributed by atoms with Crippen LogP contribution in [0.3, 0.4) is 0 Å². The fourth-order valence-corrected chi connectivity index (χ4v) is 2.65. The minimum absolute atomic E-state index is 0.262. The van der Waals surface area contributed by atoms with Crippen molar-refractivity contribution in [1.82, 2.24) is 15.0 Å². The van der Waals surface area contributed by atoms with Crippen molar-refractivity contribution >= 4 is 11.3 Å². The molecular weight excluding hydrogens is 317 g/mol. The second-order valence-electron chi connectivity index (χ2n) is 5.04. The Bertz CT molecular complexity index is 745. The van der Waals surface area contributed by atoms with E-state index in [-0.39, 0.29) is 11.6 Å². The monoisotopic (exact) mass is 333 g/mol. The smallest absolute Gasteiger partial charge is 0.241 e. The van der Waals surface area contributed by atoms with E-state index in [0.29, 0.717) is 31.4 Å². The Morgan fingerprint density at radius 3 is 2.96 bits per heavy atom. The molecule has 0 saturated heterocycles. The van der Waals surface area contributed by atoms with Crippen molar-refractivity contribution in [3.63, 3.8) is 0 Å². The van der Waals surface area contributed by atoms with Crippen LogP contribution in [0.25, 0.3) is 11.4 Å². The zero-order valence-corrected chi connectivity index (χ0v) is 13.4. The van der Waals surface area contributed by atoms with E-state index in [4.69, 9.17) is 9.26 Å². The highest BCUT2D eigenvalue weighted by atomic mass is 32.1. The number of para-hydroxylation sites is 1. The number of hydrogen-bond donors (Lipinski definition) is 0. The van der Waals surface area contributed by atoms with Gasteiger partial charge in [-0.3, -0.25) is 4.90 Å². The van der Waals surface area contributed by atoms with E-state index in [0.717, 1.165) is 5.56 Å². The van der Waals surface area contributed by atoms with Crippen molar-refractivity contribution in [2.24, 2.45) is 0 Å². The molecule has 3 rings (SSSR count). The molecule has 0 aliphatic heterocycles. The van der Waals surface area contributed by atoms with Crippen LogP contribution in [0.1, 0.15) is 5.89 Å². The number of rotatable bonds is 7. The summed E-state index contributed by atoms with van der Waals surface area (Å²) in [5, 5.41) is 7.91. The molecule has 0 amide bonds. The molecule has 23 heavy (non-hydrogen) atoms. The van der Waals surface area contributed by atoms with Gasteiger partial charge in [0.25, 0.3) is 0 Å². The molecule has 1 aromatic carbocycles. The topological polar surface area (TPSA) is 51.4 Å². The first-order chi connectivity index (χ1) is 11.2. The highest BCUT2D eigenvalue weighted by molar-refractivity contribution is 7.08. The minimum Gasteiger partial charge on any atom is -0.489 e. The van der Waals surface area contributed by atoms with Gasteiger partial charge in [0.15, 0.2) is 11.6 Å². The van der Waals surface area contributed by atoms with E-state index < -0.39 is 0 Å². The van der Waals surface area contributed by atoms with Crippen LogP contribution >= 0.6 is 11.3 Å². The molecule has 0 unspecified atom stereocenters. The molecule has 0 aliphatic rings. The quantitative estimate of drug-likeness (QED) is 0.663. The maximum atomic E-state index is 13.4. The Morgan fingerprint density at radius 2 is 2.17 bits per heavy atom. The van der Waals surface area contributed by atoms with Crippen LogP contribution in [-0.4, -0.2) is 35.2 Å². The summed E-state index contributed by atoms with van der Waals surface area (Å²) in [6, 6.07) is 8.32. The van der Waals surface area contributed by atoms with E-state index in [2.05, 4.69) is 10.1 Å². The summed E-state index contributed by atoms with van der Waals surface area (Å²) in [4.78, 5) is 6.34. The zero-order chi connectivity index (χ0) is 16.1. The maximum Gasteiger partial charge on any atom is 0.241 e. The number of halogens is 1. The third-order valence-electron chi connectivity index (χ3n) is 3.22. The van der Waals surface area contributed by atoms with Crippen molar-refractivity contribution < 1.29 is 13.7 Å². The first kappa shape index (κ1) is 15.6. The highest BCUT2D eigenvalue weighted by Crippen LogP contribution is 2.19. The molecule has 3 aromatic rings. The lowest BCUT2D eigenvalue weighted by Gasteiger charge is -2.14. The van der Waals surface area contributed by atoms with Crippen molar-refractivity contribution in [2.75, 3.05) is 20.2 Å². The molecule has 0 fully saturated rings. The average molecular weight is 333 g/mol. The van der Waals surface area contributed by atoms with Crippen molar-refractivity contribution in [2.45, 2.75) is 6.54 Å². The first-order valence-electron chi connectivity index (χ1n) is 7.13. The molecular formula is C16H16FN3O2S. The molecule has 0 aliphatic carbocycles. The van der Waals surface area contributed by atoms with Gasteiger partial charge >= 0.3 is 0 Å². The first-order valence-corrected chi connectivity index (χ1v) is 8.07. The van der Waals surface area contributed by atoms with Crippen molar-refractivity contribution in [3.05, 3.63) is 52.8 Å². The van der Waals surface area contributed by atoms with Gasteiger partial charge in [0.05, 0.1) is 6.54 Å². The Hall–Kier alpha value is -2.25. The van der Waals surface area contributed by atoms with Gasteiger partial charge in [0, 0.05) is 17.5 Å². The van der Waals surface area contributed by atoms with Gasteiger partial charge in [-0.1, -0.05) is 17.3 Å². The second kappa shape index (κ2) is 7.34. The Morgan fingerprint density at radius 1 is 1.30 bits per heavy atom. The summed E-state index contributed by atoms with van der Waals surface area (Å²) in [6.45, 7) is 1.51. The van der Waals surface area contributed by atoms with Crippen LogP contribution < -0.4 is 4.74 Å². The minimum atomic E-state index is -0.354. The van der Waals surface area contributed by atoms with Crippen LogP contribution in [0.2, 0.25) is 0 Å². The van der Waals surface area contributed by atoms with Gasteiger partial charge < -0.3 is 9.26 Å². The number of thiophene rings is 1. The van der Waals surface area contributed by atoms with E-state index in [1.807, 2.05) is 28.8 Å². The van der Waals surface area contributed by atoms with E-state index >= 15 is 0 Å². The van der Waals surface area contributed by atoms with Crippen molar-refractivity contribution in [3.8, 4) is 17.1 Å². The van der Waals surface area contributed by atoms with E-state index in [1.54, 1.807) is 29.5 Å². The molecule has 7 heteroatoms. The standard InChI is InChI=1S/C16H16FN3O2S/c1-20(7-8-21-14-5-3-2-4-13(14)17)10-15-18-16(19-22-15)12-6-9-23-11-12/h2-6,9,11H,7-8,10H2,1H3. The van der Waals surface area contributed by atoms with Gasteiger partial charge in [-0.2, -0.15) is 16.3 Å². The lowest BCUT2D eigenvalue weighted by molar-refractivity contribution is 0.208. The van der Waals surface area contributed by atoms with Gasteiger partial charge in [-0.15, -0.1) is 0 Å². The third kappa shape index (κ3) is 4.14. The van der Waals surface area contributed by atoms with Crippen LogP contribution in [0.15, 0.2) is 45.6 Å². The summed E-state index contributed by atoms with van der Waals surface area (Å²) >= 11 is 1.59. The second-order valence-corrected chi connectivity index (χ2v) is 5.82. The van der Waals surface area contributed by atoms with Crippen LogP contribution in [0.5, 0.6) is 5.75 Å². The van der Waals surface area contributed by atoms with Crippen LogP contribution in [0, 0.1) is 5.82 Å². The average Bonchev–Trinajstić information content (AvgIpc) is 3.20. The normalized spacial score (nSPS) is 11.1. The van der Waals surface area contributed by atoms with Gasteiger partial charge in [0.1, 0.15) is 6.61 Å². The SMILES string of the molecule is CN(CCOc1ccccc1F)Cc1nc(-c2ccsc2)no1.